The number of carbonyl (C=O) groups is 2. The number of hydrogen-bond acceptors (Lipinski definition) is 4. The molecular weight excluding hydrogens is 224 g/mol. The van der Waals surface area contributed by atoms with Gasteiger partial charge >= 0.3 is 12.1 Å². The highest BCUT2D eigenvalue weighted by Gasteiger charge is 2.18. The topological polar surface area (TPSA) is 92.9 Å². The normalized spacial score (nSPS) is 9.71. The maximum atomic E-state index is 11.5. The number of hydrogen-bond donors (Lipinski definition) is 2. The number of carboxylic acids is 1. The predicted octanol–water partition coefficient (Wildman–Crippen LogP) is 1.32. The number of anilines is 2. The predicted molar refractivity (Wildman–Crippen MR) is 62.9 cm³/mol. The lowest BCUT2D eigenvalue weighted by atomic mass is 10.2. The van der Waals surface area contributed by atoms with Gasteiger partial charge in [0.1, 0.15) is 0 Å². The molecule has 0 aliphatic rings. The smallest absolute Gasteiger partial charge is 0.414 e. The number of amides is 1. The van der Waals surface area contributed by atoms with Crippen LogP contribution in [0.1, 0.15) is 6.42 Å². The first-order valence-corrected chi connectivity index (χ1v) is 4.98. The fourth-order valence-corrected chi connectivity index (χ4v) is 1.36. The van der Waals surface area contributed by atoms with Crippen LogP contribution in [0, 0.1) is 0 Å². The highest BCUT2D eigenvalue weighted by atomic mass is 16.5. The average molecular weight is 238 g/mol. The van der Waals surface area contributed by atoms with E-state index in [0.717, 1.165) is 0 Å². The minimum Gasteiger partial charge on any atom is -0.481 e. The first-order valence-electron chi connectivity index (χ1n) is 4.98. The number of carbonyl (C=O) groups excluding carboxylic acids is 1. The quantitative estimate of drug-likeness (QED) is 0.771. The second-order valence-electron chi connectivity index (χ2n) is 3.32. The van der Waals surface area contributed by atoms with E-state index in [9.17, 15) is 9.59 Å². The summed E-state index contributed by atoms with van der Waals surface area (Å²) in [6.07, 6.45) is -0.812. The lowest BCUT2D eigenvalue weighted by Gasteiger charge is -2.21. The molecule has 0 radical (unpaired) electrons. The summed E-state index contributed by atoms with van der Waals surface area (Å²) >= 11 is 0. The Balaban J connectivity index is 2.94. The molecule has 0 aliphatic carbocycles. The summed E-state index contributed by atoms with van der Waals surface area (Å²) < 4.78 is 4.59. The van der Waals surface area contributed by atoms with Crippen molar-refractivity contribution in [2.75, 3.05) is 24.3 Å². The molecular formula is C11H14N2O4. The second-order valence-corrected chi connectivity index (χ2v) is 3.32. The van der Waals surface area contributed by atoms with Crippen LogP contribution in [-0.4, -0.2) is 30.8 Å². The van der Waals surface area contributed by atoms with Gasteiger partial charge in [-0.1, -0.05) is 12.1 Å². The largest absolute Gasteiger partial charge is 0.481 e. The molecule has 17 heavy (non-hydrogen) atoms. The number of rotatable bonds is 4. The van der Waals surface area contributed by atoms with Gasteiger partial charge < -0.3 is 15.6 Å². The SMILES string of the molecule is COC(=O)N(CCC(=O)O)c1ccccc1N. The Bertz CT molecular complexity index is 420. The third-order valence-corrected chi connectivity index (χ3v) is 2.17. The van der Waals surface area contributed by atoms with Crippen LogP contribution in [0.25, 0.3) is 0 Å². The van der Waals surface area contributed by atoms with Crippen LogP contribution in [0.5, 0.6) is 0 Å². The van der Waals surface area contributed by atoms with Gasteiger partial charge in [0.25, 0.3) is 0 Å². The number of benzene rings is 1. The zero-order chi connectivity index (χ0) is 12.8. The Morgan fingerprint density at radius 3 is 2.59 bits per heavy atom. The van der Waals surface area contributed by atoms with Gasteiger partial charge in [-0.25, -0.2) is 4.79 Å². The van der Waals surface area contributed by atoms with E-state index in [2.05, 4.69) is 4.74 Å². The minimum atomic E-state index is -0.992. The molecule has 0 bridgehead atoms. The number of nitrogen functional groups attached to an aromatic ring is 1. The van der Waals surface area contributed by atoms with Crippen LogP contribution in [-0.2, 0) is 9.53 Å². The van der Waals surface area contributed by atoms with Gasteiger partial charge in [0.2, 0.25) is 0 Å². The van der Waals surface area contributed by atoms with Gasteiger partial charge in [0.15, 0.2) is 0 Å². The van der Waals surface area contributed by atoms with Crippen molar-refractivity contribution < 1.29 is 19.4 Å². The molecule has 0 heterocycles. The van der Waals surface area contributed by atoms with E-state index in [-0.39, 0.29) is 13.0 Å². The molecule has 92 valence electrons. The number of ether oxygens (including phenoxy) is 1. The van der Waals surface area contributed by atoms with E-state index in [1.165, 1.54) is 12.0 Å². The maximum absolute atomic E-state index is 11.5. The van der Waals surface area contributed by atoms with Crippen molar-refractivity contribution in [3.63, 3.8) is 0 Å². The fourth-order valence-electron chi connectivity index (χ4n) is 1.36. The van der Waals surface area contributed by atoms with Crippen molar-refractivity contribution >= 4 is 23.4 Å². The number of aliphatic carboxylic acids is 1. The standard InChI is InChI=1S/C11H14N2O4/c1-17-11(16)13(7-6-10(14)15)9-5-3-2-4-8(9)12/h2-5H,6-7,12H2,1H3,(H,14,15). The molecule has 0 unspecified atom stereocenters. The van der Waals surface area contributed by atoms with Crippen molar-refractivity contribution in [3.05, 3.63) is 24.3 Å². The number of para-hydroxylation sites is 2. The summed E-state index contributed by atoms with van der Waals surface area (Å²) in [6, 6.07) is 6.70. The lowest BCUT2D eigenvalue weighted by Crippen LogP contribution is -2.33. The van der Waals surface area contributed by atoms with Crippen LogP contribution in [0.4, 0.5) is 16.2 Å². The van der Waals surface area contributed by atoms with Gasteiger partial charge in [-0.05, 0) is 12.1 Å². The fraction of sp³-hybridized carbons (Fsp3) is 0.273. The van der Waals surface area contributed by atoms with Crippen LogP contribution in [0.15, 0.2) is 24.3 Å². The van der Waals surface area contributed by atoms with Crippen LogP contribution in [0.2, 0.25) is 0 Å². The summed E-state index contributed by atoms with van der Waals surface area (Å²) in [5.74, 6) is -0.992. The highest BCUT2D eigenvalue weighted by Crippen LogP contribution is 2.23. The van der Waals surface area contributed by atoms with Crippen molar-refractivity contribution in [1.29, 1.82) is 0 Å². The van der Waals surface area contributed by atoms with E-state index in [0.29, 0.717) is 11.4 Å². The molecule has 0 saturated heterocycles. The summed E-state index contributed by atoms with van der Waals surface area (Å²) in [4.78, 5) is 23.3. The summed E-state index contributed by atoms with van der Waals surface area (Å²) in [6.45, 7) is 0.0101. The molecule has 0 spiro atoms. The zero-order valence-corrected chi connectivity index (χ0v) is 9.42. The molecule has 1 amide bonds. The van der Waals surface area contributed by atoms with E-state index in [1.54, 1.807) is 24.3 Å². The van der Waals surface area contributed by atoms with Gasteiger partial charge in [0.05, 0.1) is 24.9 Å². The third kappa shape index (κ3) is 3.37. The van der Waals surface area contributed by atoms with E-state index in [1.807, 2.05) is 0 Å². The molecule has 1 rings (SSSR count). The van der Waals surface area contributed by atoms with Gasteiger partial charge in [-0.3, -0.25) is 9.69 Å². The van der Waals surface area contributed by atoms with E-state index < -0.39 is 12.1 Å². The Hall–Kier alpha value is -2.24. The summed E-state index contributed by atoms with van der Waals surface area (Å²) in [5, 5.41) is 8.62. The Morgan fingerprint density at radius 2 is 2.06 bits per heavy atom. The lowest BCUT2D eigenvalue weighted by molar-refractivity contribution is -0.136. The number of nitrogens with zero attached hydrogens (tertiary/aromatic N) is 1. The van der Waals surface area contributed by atoms with Crippen molar-refractivity contribution in [2.24, 2.45) is 0 Å². The molecule has 6 nitrogen and oxygen atoms in total. The van der Waals surface area contributed by atoms with Crippen molar-refractivity contribution in [3.8, 4) is 0 Å². The monoisotopic (exact) mass is 238 g/mol. The molecule has 0 saturated carbocycles. The van der Waals surface area contributed by atoms with Crippen LogP contribution < -0.4 is 10.6 Å². The molecule has 6 heteroatoms. The molecule has 0 fully saturated rings. The summed E-state index contributed by atoms with van der Waals surface area (Å²) in [5.41, 5.74) is 6.56. The van der Waals surface area contributed by atoms with Crippen molar-refractivity contribution in [2.45, 2.75) is 6.42 Å². The average Bonchev–Trinajstić information content (AvgIpc) is 2.30. The van der Waals surface area contributed by atoms with Crippen LogP contribution >= 0.6 is 0 Å². The molecule has 1 aromatic rings. The van der Waals surface area contributed by atoms with E-state index >= 15 is 0 Å². The number of methoxy groups -OCH3 is 1. The number of carboxylic acid groups (broad SMARTS) is 1. The summed E-state index contributed by atoms with van der Waals surface area (Å²) in [7, 11) is 1.23. The number of nitrogens with two attached hydrogens (primary N) is 1. The van der Waals surface area contributed by atoms with E-state index in [4.69, 9.17) is 10.8 Å². The molecule has 0 atom stereocenters. The van der Waals surface area contributed by atoms with Gasteiger partial charge in [-0.2, -0.15) is 0 Å². The van der Waals surface area contributed by atoms with Crippen LogP contribution in [0.3, 0.4) is 0 Å². The van der Waals surface area contributed by atoms with Gasteiger partial charge in [-0.15, -0.1) is 0 Å². The van der Waals surface area contributed by atoms with Crippen molar-refractivity contribution in [1.82, 2.24) is 0 Å². The molecule has 0 aliphatic heterocycles. The third-order valence-electron chi connectivity index (χ3n) is 2.17. The highest BCUT2D eigenvalue weighted by molar-refractivity contribution is 5.92. The van der Waals surface area contributed by atoms with Gasteiger partial charge in [0, 0.05) is 6.54 Å². The maximum Gasteiger partial charge on any atom is 0.414 e. The minimum absolute atomic E-state index is 0.0101. The Morgan fingerprint density at radius 1 is 1.41 bits per heavy atom. The first kappa shape index (κ1) is 12.8. The molecule has 1 aromatic carbocycles. The second kappa shape index (κ2) is 5.74. The Kier molecular flexibility index (Phi) is 4.33. The molecule has 0 aromatic heterocycles. The zero-order valence-electron chi connectivity index (χ0n) is 9.42. The Labute approximate surface area is 98.6 Å². The molecule has 3 N–H and O–H groups in total. The first-order chi connectivity index (χ1) is 8.06.